The second-order valence-corrected chi connectivity index (χ2v) is 7.24. The van der Waals surface area contributed by atoms with Crippen molar-refractivity contribution in [3.8, 4) is 0 Å². The molecule has 31 heavy (non-hydrogen) atoms. The highest BCUT2D eigenvalue weighted by Gasteiger charge is 2.29. The van der Waals surface area contributed by atoms with Crippen LogP contribution in [0.1, 0.15) is 32.6 Å². The summed E-state index contributed by atoms with van der Waals surface area (Å²) in [6, 6.07) is -0.963. The minimum atomic E-state index is -1.48. The van der Waals surface area contributed by atoms with E-state index in [0.29, 0.717) is 26.0 Å². The summed E-state index contributed by atoms with van der Waals surface area (Å²) in [5.41, 5.74) is 5.85. The number of nitrogens with zero attached hydrogens (tertiary/aromatic N) is 2. The normalized spacial score (nSPS) is 24.7. The van der Waals surface area contributed by atoms with E-state index in [9.17, 15) is 29.7 Å². The van der Waals surface area contributed by atoms with Gasteiger partial charge in [0.2, 0.25) is 11.8 Å². The standard InChI is InChI=1S/C18H33N3O8.2ClH/c1-12(22)21-8-7-20(18(28)13(19)4-5-16(25)26)6-2-3-9-29-11-15(24)17(27)14(23)10-21;;/h13-15,17,23-24,27H,2-11,19H2,1H3,(H,25,26);2*1H/t13-,14-,15+,17+;;/m0../s1. The van der Waals surface area contributed by atoms with Gasteiger partial charge >= 0.3 is 5.97 Å². The summed E-state index contributed by atoms with van der Waals surface area (Å²) < 4.78 is 5.30. The highest BCUT2D eigenvalue weighted by Crippen LogP contribution is 2.09. The van der Waals surface area contributed by atoms with Crippen molar-refractivity contribution in [1.29, 1.82) is 0 Å². The maximum Gasteiger partial charge on any atom is 0.303 e. The van der Waals surface area contributed by atoms with Crippen LogP contribution in [0.2, 0.25) is 0 Å². The van der Waals surface area contributed by atoms with Crippen molar-refractivity contribution in [2.45, 2.75) is 57.0 Å². The van der Waals surface area contributed by atoms with Gasteiger partial charge in [0.15, 0.2) is 0 Å². The van der Waals surface area contributed by atoms with E-state index in [-0.39, 0.29) is 69.8 Å². The van der Waals surface area contributed by atoms with Gasteiger partial charge in [-0.25, -0.2) is 0 Å². The number of ether oxygens (including phenoxy) is 1. The summed E-state index contributed by atoms with van der Waals surface area (Å²) in [5, 5.41) is 38.8. The van der Waals surface area contributed by atoms with E-state index in [1.54, 1.807) is 0 Å². The van der Waals surface area contributed by atoms with E-state index in [1.165, 1.54) is 16.7 Å². The molecule has 184 valence electrons. The molecule has 0 saturated carbocycles. The molecule has 1 fully saturated rings. The predicted octanol–water partition coefficient (Wildman–Crippen LogP) is -1.41. The number of carboxylic acid groups (broad SMARTS) is 1. The molecular formula is C18H35Cl2N3O8. The molecule has 1 rings (SSSR count). The number of rotatable bonds is 4. The maximum absolute atomic E-state index is 12.6. The highest BCUT2D eigenvalue weighted by atomic mass is 35.5. The third-order valence-electron chi connectivity index (χ3n) is 4.83. The van der Waals surface area contributed by atoms with E-state index in [0.717, 1.165) is 0 Å². The van der Waals surface area contributed by atoms with Crippen molar-refractivity contribution in [2.75, 3.05) is 39.4 Å². The third kappa shape index (κ3) is 11.8. The Morgan fingerprint density at radius 3 is 2.23 bits per heavy atom. The van der Waals surface area contributed by atoms with Gasteiger partial charge in [-0.15, -0.1) is 24.8 Å². The summed E-state index contributed by atoms with van der Waals surface area (Å²) in [7, 11) is 0. The van der Waals surface area contributed by atoms with Crippen molar-refractivity contribution >= 4 is 42.6 Å². The van der Waals surface area contributed by atoms with Gasteiger partial charge in [-0.3, -0.25) is 14.4 Å². The third-order valence-corrected chi connectivity index (χ3v) is 4.83. The molecule has 0 bridgehead atoms. The minimum Gasteiger partial charge on any atom is -0.481 e. The average molecular weight is 492 g/mol. The van der Waals surface area contributed by atoms with Crippen LogP contribution in [0.4, 0.5) is 0 Å². The Kier molecular flexibility index (Phi) is 16.9. The van der Waals surface area contributed by atoms with E-state index in [4.69, 9.17) is 15.6 Å². The Morgan fingerprint density at radius 2 is 1.65 bits per heavy atom. The summed E-state index contributed by atoms with van der Waals surface area (Å²) >= 11 is 0. The van der Waals surface area contributed by atoms with E-state index >= 15 is 0 Å². The van der Waals surface area contributed by atoms with Gasteiger partial charge in [-0.05, 0) is 19.3 Å². The molecule has 0 unspecified atom stereocenters. The number of halogens is 2. The number of carbonyl (C=O) groups excluding carboxylic acids is 2. The number of hydrogen-bond donors (Lipinski definition) is 5. The van der Waals surface area contributed by atoms with Crippen LogP contribution in [0.15, 0.2) is 0 Å². The van der Waals surface area contributed by atoms with Crippen LogP contribution in [-0.2, 0) is 19.1 Å². The second kappa shape index (κ2) is 16.4. The number of aliphatic hydroxyl groups excluding tert-OH is 3. The number of amides is 2. The predicted molar refractivity (Wildman–Crippen MR) is 116 cm³/mol. The fourth-order valence-electron chi connectivity index (χ4n) is 2.99. The van der Waals surface area contributed by atoms with Crippen molar-refractivity contribution in [3.05, 3.63) is 0 Å². The van der Waals surface area contributed by atoms with Crippen LogP contribution in [0.5, 0.6) is 0 Å². The molecule has 0 spiro atoms. The van der Waals surface area contributed by atoms with Crippen LogP contribution < -0.4 is 5.73 Å². The van der Waals surface area contributed by atoms with Crippen LogP contribution in [-0.4, -0.2) is 112 Å². The van der Waals surface area contributed by atoms with Crippen molar-refractivity contribution in [2.24, 2.45) is 5.73 Å². The average Bonchev–Trinajstić information content (AvgIpc) is 2.67. The molecule has 13 heteroatoms. The SMILES string of the molecule is CC(=O)N1CCN(C(=O)[C@@H](N)CCC(=O)O)CCCCOC[C@@H](O)[C@H](O)[C@@H](O)C1.Cl.Cl. The molecule has 0 aromatic carbocycles. The van der Waals surface area contributed by atoms with Gasteiger partial charge in [-0.1, -0.05) is 0 Å². The minimum absolute atomic E-state index is 0. The highest BCUT2D eigenvalue weighted by molar-refractivity contribution is 5.85. The summed E-state index contributed by atoms with van der Waals surface area (Å²) in [6.45, 7) is 1.80. The lowest BCUT2D eigenvalue weighted by molar-refractivity contribution is -0.139. The first-order valence-corrected chi connectivity index (χ1v) is 9.77. The molecular weight excluding hydrogens is 457 g/mol. The van der Waals surface area contributed by atoms with E-state index in [2.05, 4.69) is 0 Å². The Bertz CT molecular complexity index is 558. The molecule has 4 atom stereocenters. The van der Waals surface area contributed by atoms with Gasteiger partial charge < -0.3 is 40.7 Å². The molecule has 1 aliphatic heterocycles. The lowest BCUT2D eigenvalue weighted by Crippen LogP contribution is -2.51. The van der Waals surface area contributed by atoms with Crippen LogP contribution in [0.25, 0.3) is 0 Å². The lowest BCUT2D eigenvalue weighted by atomic mass is 10.1. The first kappa shape index (κ1) is 32.0. The van der Waals surface area contributed by atoms with Crippen LogP contribution >= 0.6 is 24.8 Å². The molecule has 2 amide bonds. The first-order chi connectivity index (χ1) is 13.6. The van der Waals surface area contributed by atoms with Crippen molar-refractivity contribution in [1.82, 2.24) is 9.80 Å². The molecule has 1 heterocycles. The Labute approximate surface area is 194 Å². The zero-order valence-corrected chi connectivity index (χ0v) is 19.2. The lowest BCUT2D eigenvalue weighted by Gasteiger charge is -2.32. The molecule has 0 radical (unpaired) electrons. The van der Waals surface area contributed by atoms with Crippen molar-refractivity contribution in [3.63, 3.8) is 0 Å². The number of aliphatic hydroxyl groups is 3. The molecule has 1 aliphatic rings. The maximum atomic E-state index is 12.6. The molecule has 0 aromatic heterocycles. The quantitative estimate of drug-likeness (QED) is 0.316. The fraction of sp³-hybridized carbons (Fsp3) is 0.833. The Balaban J connectivity index is 0. The Morgan fingerprint density at radius 1 is 1.03 bits per heavy atom. The van der Waals surface area contributed by atoms with Gasteiger partial charge in [0.1, 0.15) is 18.3 Å². The number of β-amino-alcohol motifs (C(OH)–C–C–N with tert-alkyl or cyclic N) is 1. The molecule has 1 saturated heterocycles. The molecule has 0 aromatic rings. The molecule has 6 N–H and O–H groups in total. The number of nitrogens with two attached hydrogens (primary N) is 1. The number of hydrogen-bond acceptors (Lipinski definition) is 8. The summed E-state index contributed by atoms with van der Waals surface area (Å²) in [6.07, 6.45) is -3.21. The number of carbonyl (C=O) groups is 3. The smallest absolute Gasteiger partial charge is 0.303 e. The topological polar surface area (TPSA) is 174 Å². The fourth-order valence-corrected chi connectivity index (χ4v) is 2.99. The van der Waals surface area contributed by atoms with Crippen molar-refractivity contribution < 1.29 is 39.5 Å². The second-order valence-electron chi connectivity index (χ2n) is 7.24. The summed E-state index contributed by atoms with van der Waals surface area (Å²) in [5.74, 6) is -1.81. The van der Waals surface area contributed by atoms with Gasteiger partial charge in [0.25, 0.3) is 0 Å². The monoisotopic (exact) mass is 491 g/mol. The van der Waals surface area contributed by atoms with Gasteiger partial charge in [0.05, 0.1) is 12.6 Å². The van der Waals surface area contributed by atoms with E-state index in [1.807, 2.05) is 0 Å². The summed E-state index contributed by atoms with van der Waals surface area (Å²) in [4.78, 5) is 38.0. The first-order valence-electron chi connectivity index (χ1n) is 9.77. The largest absolute Gasteiger partial charge is 0.481 e. The van der Waals surface area contributed by atoms with E-state index < -0.39 is 36.2 Å². The molecule has 11 nitrogen and oxygen atoms in total. The number of aliphatic carboxylic acids is 1. The molecule has 0 aliphatic carbocycles. The van der Waals surface area contributed by atoms with Gasteiger partial charge in [0, 0.05) is 46.1 Å². The van der Waals surface area contributed by atoms with Crippen LogP contribution in [0, 0.1) is 0 Å². The van der Waals surface area contributed by atoms with Gasteiger partial charge in [-0.2, -0.15) is 0 Å². The Hall–Kier alpha value is -1.21. The zero-order valence-electron chi connectivity index (χ0n) is 17.6. The van der Waals surface area contributed by atoms with Crippen LogP contribution in [0.3, 0.4) is 0 Å². The number of carboxylic acids is 1. The zero-order chi connectivity index (χ0) is 22.0.